The molecule has 8 nitrogen and oxygen atoms in total. The standard InChI is InChI=1S/C16H15ClN4O4/c1-9-7-18-16(24)21(15(9)23)8-14-19-13(20-25-14)6-12(22)10-2-4-11(17)5-3-10/h2-5,7,12,22H,6,8H2,1H3,(H,18,24). The van der Waals surface area contributed by atoms with Gasteiger partial charge < -0.3 is 14.6 Å². The van der Waals surface area contributed by atoms with Gasteiger partial charge in [0.05, 0.1) is 6.10 Å². The Morgan fingerprint density at radius 3 is 2.76 bits per heavy atom. The molecule has 1 unspecified atom stereocenters. The normalized spacial score (nSPS) is 12.3. The fourth-order valence-corrected chi connectivity index (χ4v) is 2.43. The van der Waals surface area contributed by atoms with Crippen LogP contribution >= 0.6 is 11.6 Å². The second-order valence-electron chi connectivity index (χ2n) is 5.54. The number of nitrogens with zero attached hydrogens (tertiary/aromatic N) is 3. The van der Waals surface area contributed by atoms with E-state index in [2.05, 4.69) is 15.1 Å². The number of hydrogen-bond donors (Lipinski definition) is 2. The lowest BCUT2D eigenvalue weighted by molar-refractivity contribution is 0.174. The molecule has 0 saturated carbocycles. The van der Waals surface area contributed by atoms with Gasteiger partial charge in [0.1, 0.15) is 6.54 Å². The van der Waals surface area contributed by atoms with Crippen LogP contribution in [0.5, 0.6) is 0 Å². The molecule has 0 amide bonds. The molecule has 2 N–H and O–H groups in total. The second-order valence-corrected chi connectivity index (χ2v) is 5.98. The predicted octanol–water partition coefficient (Wildman–Crippen LogP) is 1.21. The van der Waals surface area contributed by atoms with Crippen LogP contribution in [0.15, 0.2) is 44.6 Å². The molecule has 0 spiro atoms. The number of aliphatic hydroxyl groups is 1. The van der Waals surface area contributed by atoms with Crippen molar-refractivity contribution < 1.29 is 9.63 Å². The van der Waals surface area contributed by atoms with Crippen molar-refractivity contribution in [2.24, 2.45) is 0 Å². The van der Waals surface area contributed by atoms with Crippen LogP contribution in [-0.4, -0.2) is 24.8 Å². The van der Waals surface area contributed by atoms with Gasteiger partial charge in [-0.25, -0.2) is 4.79 Å². The minimum Gasteiger partial charge on any atom is -0.388 e. The number of H-pyrrole nitrogens is 1. The summed E-state index contributed by atoms with van der Waals surface area (Å²) in [6.45, 7) is 1.45. The van der Waals surface area contributed by atoms with E-state index < -0.39 is 17.4 Å². The van der Waals surface area contributed by atoms with Crippen LogP contribution in [0.2, 0.25) is 5.02 Å². The molecule has 0 aliphatic heterocycles. The lowest BCUT2D eigenvalue weighted by atomic mass is 10.1. The summed E-state index contributed by atoms with van der Waals surface area (Å²) in [5.74, 6) is 0.381. The smallest absolute Gasteiger partial charge is 0.328 e. The van der Waals surface area contributed by atoms with E-state index in [9.17, 15) is 14.7 Å². The molecule has 0 saturated heterocycles. The Labute approximate surface area is 146 Å². The molecule has 2 heterocycles. The number of rotatable bonds is 5. The predicted molar refractivity (Wildman–Crippen MR) is 89.6 cm³/mol. The summed E-state index contributed by atoms with van der Waals surface area (Å²) >= 11 is 5.82. The van der Waals surface area contributed by atoms with Gasteiger partial charge in [-0.2, -0.15) is 4.98 Å². The van der Waals surface area contributed by atoms with E-state index in [1.165, 1.54) is 6.20 Å². The minimum atomic E-state index is -0.826. The maximum Gasteiger partial charge on any atom is 0.328 e. The van der Waals surface area contributed by atoms with Crippen molar-refractivity contribution in [3.8, 4) is 0 Å². The average molecular weight is 363 g/mol. The van der Waals surface area contributed by atoms with Crippen molar-refractivity contribution in [2.45, 2.75) is 26.0 Å². The number of hydrogen-bond acceptors (Lipinski definition) is 6. The number of aromatic amines is 1. The second kappa shape index (κ2) is 7.04. The highest BCUT2D eigenvalue weighted by Gasteiger charge is 2.15. The third-order valence-corrected chi connectivity index (χ3v) is 3.93. The Bertz CT molecular complexity index is 990. The van der Waals surface area contributed by atoms with E-state index in [0.29, 0.717) is 16.1 Å². The number of aromatic nitrogens is 4. The van der Waals surface area contributed by atoms with Gasteiger partial charge in [0.2, 0.25) is 5.89 Å². The van der Waals surface area contributed by atoms with Crippen LogP contribution in [-0.2, 0) is 13.0 Å². The van der Waals surface area contributed by atoms with Crippen LogP contribution in [0.25, 0.3) is 0 Å². The van der Waals surface area contributed by atoms with Crippen molar-refractivity contribution >= 4 is 11.6 Å². The van der Waals surface area contributed by atoms with Gasteiger partial charge in [0.25, 0.3) is 5.56 Å². The Kier molecular flexibility index (Phi) is 4.82. The van der Waals surface area contributed by atoms with Crippen molar-refractivity contribution in [3.05, 3.63) is 79.2 Å². The summed E-state index contributed by atoms with van der Waals surface area (Å²) in [5, 5.41) is 14.6. The van der Waals surface area contributed by atoms with Gasteiger partial charge in [0, 0.05) is 23.2 Å². The number of aryl methyl sites for hydroxylation is 1. The fourth-order valence-electron chi connectivity index (χ4n) is 2.31. The van der Waals surface area contributed by atoms with Crippen molar-refractivity contribution in [2.75, 3.05) is 0 Å². The number of nitrogens with one attached hydrogen (secondary N) is 1. The van der Waals surface area contributed by atoms with Crippen molar-refractivity contribution in [1.82, 2.24) is 19.7 Å². The Balaban J connectivity index is 1.75. The van der Waals surface area contributed by atoms with E-state index >= 15 is 0 Å². The number of aliphatic hydroxyl groups excluding tert-OH is 1. The van der Waals surface area contributed by atoms with E-state index in [4.69, 9.17) is 16.1 Å². The highest BCUT2D eigenvalue weighted by molar-refractivity contribution is 6.30. The zero-order valence-corrected chi connectivity index (χ0v) is 14.0. The molecular formula is C16H15ClN4O4. The van der Waals surface area contributed by atoms with Gasteiger partial charge >= 0.3 is 5.69 Å². The summed E-state index contributed by atoms with van der Waals surface area (Å²) < 4.78 is 6.04. The van der Waals surface area contributed by atoms with Crippen molar-refractivity contribution in [3.63, 3.8) is 0 Å². The molecule has 9 heteroatoms. The van der Waals surface area contributed by atoms with E-state index in [1.54, 1.807) is 31.2 Å². The molecule has 1 aromatic carbocycles. The summed E-state index contributed by atoms with van der Waals surface area (Å²) in [7, 11) is 0. The first kappa shape index (κ1) is 17.1. The first-order valence-corrected chi connectivity index (χ1v) is 7.86. The van der Waals surface area contributed by atoms with Gasteiger partial charge in [0.15, 0.2) is 5.82 Å². The van der Waals surface area contributed by atoms with E-state index in [1.807, 2.05) is 0 Å². The SMILES string of the molecule is Cc1c[nH]c(=O)n(Cc2nc(CC(O)c3ccc(Cl)cc3)no2)c1=O. The number of halogens is 1. The monoisotopic (exact) mass is 362 g/mol. The van der Waals surface area contributed by atoms with Gasteiger partial charge in [-0.15, -0.1) is 0 Å². The first-order chi connectivity index (χ1) is 11.9. The highest BCUT2D eigenvalue weighted by atomic mass is 35.5. The summed E-state index contributed by atoms with van der Waals surface area (Å²) in [4.78, 5) is 30.3. The molecule has 130 valence electrons. The molecule has 0 aliphatic carbocycles. The fraction of sp³-hybridized carbons (Fsp3) is 0.250. The molecule has 0 radical (unpaired) electrons. The van der Waals surface area contributed by atoms with Gasteiger partial charge in [-0.3, -0.25) is 9.36 Å². The Morgan fingerprint density at radius 1 is 1.32 bits per heavy atom. The topological polar surface area (TPSA) is 114 Å². The molecule has 2 aromatic heterocycles. The summed E-state index contributed by atoms with van der Waals surface area (Å²) in [6, 6.07) is 6.77. The van der Waals surface area contributed by atoms with Gasteiger partial charge in [-0.05, 0) is 24.6 Å². The van der Waals surface area contributed by atoms with Crippen LogP contribution in [0.4, 0.5) is 0 Å². The lowest BCUT2D eigenvalue weighted by Gasteiger charge is -2.08. The third kappa shape index (κ3) is 3.86. The molecule has 1 atom stereocenters. The first-order valence-electron chi connectivity index (χ1n) is 7.48. The van der Waals surface area contributed by atoms with Crippen LogP contribution in [0.1, 0.15) is 28.9 Å². The molecule has 0 aliphatic rings. The highest BCUT2D eigenvalue weighted by Crippen LogP contribution is 2.19. The Hall–Kier alpha value is -2.71. The molecule has 3 rings (SSSR count). The average Bonchev–Trinajstić information content (AvgIpc) is 3.03. The van der Waals surface area contributed by atoms with E-state index in [0.717, 1.165) is 4.57 Å². The molecule has 0 bridgehead atoms. The zero-order chi connectivity index (χ0) is 18.0. The Morgan fingerprint density at radius 2 is 2.04 bits per heavy atom. The van der Waals surface area contributed by atoms with Crippen LogP contribution in [0.3, 0.4) is 0 Å². The molecular weight excluding hydrogens is 348 g/mol. The number of benzene rings is 1. The maximum atomic E-state index is 12.0. The van der Waals surface area contributed by atoms with Crippen molar-refractivity contribution in [1.29, 1.82) is 0 Å². The lowest BCUT2D eigenvalue weighted by Crippen LogP contribution is -2.36. The third-order valence-electron chi connectivity index (χ3n) is 3.67. The quantitative estimate of drug-likeness (QED) is 0.705. The summed E-state index contributed by atoms with van der Waals surface area (Å²) in [6.07, 6.45) is 0.653. The molecule has 3 aromatic rings. The van der Waals surface area contributed by atoms with E-state index in [-0.39, 0.29) is 24.7 Å². The largest absolute Gasteiger partial charge is 0.388 e. The molecule has 0 fully saturated rings. The zero-order valence-electron chi connectivity index (χ0n) is 13.3. The summed E-state index contributed by atoms with van der Waals surface area (Å²) in [5.41, 5.74) is 0.0841. The van der Waals surface area contributed by atoms with Gasteiger partial charge in [-0.1, -0.05) is 28.9 Å². The van der Waals surface area contributed by atoms with Crippen LogP contribution < -0.4 is 11.2 Å². The minimum absolute atomic E-state index is 0.108. The van der Waals surface area contributed by atoms with Crippen LogP contribution in [0, 0.1) is 6.92 Å². The maximum absolute atomic E-state index is 12.0. The molecule has 25 heavy (non-hydrogen) atoms.